The summed E-state index contributed by atoms with van der Waals surface area (Å²) in [5.41, 5.74) is 5.96. The van der Waals surface area contributed by atoms with Gasteiger partial charge in [0, 0.05) is 45.2 Å². The van der Waals surface area contributed by atoms with Gasteiger partial charge in [0.15, 0.2) is 0 Å². The predicted octanol–water partition coefficient (Wildman–Crippen LogP) is 1.65. The van der Waals surface area contributed by atoms with Gasteiger partial charge in [0.25, 0.3) is 0 Å². The van der Waals surface area contributed by atoms with Crippen LogP contribution in [0.5, 0.6) is 0 Å². The summed E-state index contributed by atoms with van der Waals surface area (Å²) >= 11 is 0. The molecule has 0 atom stereocenters. The third kappa shape index (κ3) is 3.29. The molecule has 4 nitrogen and oxygen atoms in total. The number of nitrogens with one attached hydrogen (secondary N) is 1. The first-order chi connectivity index (χ1) is 9.17. The van der Waals surface area contributed by atoms with E-state index in [1.807, 2.05) is 0 Å². The van der Waals surface area contributed by atoms with Gasteiger partial charge in [-0.15, -0.1) is 0 Å². The highest BCUT2D eigenvalue weighted by Gasteiger charge is 2.44. The van der Waals surface area contributed by atoms with Crippen LogP contribution < -0.4 is 5.73 Å². The molecule has 3 fully saturated rings. The lowest BCUT2D eigenvalue weighted by molar-refractivity contribution is 0.0850. The molecule has 19 heavy (non-hydrogen) atoms. The summed E-state index contributed by atoms with van der Waals surface area (Å²) in [6, 6.07) is 0.884. The van der Waals surface area contributed by atoms with Crippen molar-refractivity contribution in [2.45, 2.75) is 51.0 Å². The quantitative estimate of drug-likeness (QED) is 0.586. The molecule has 0 unspecified atom stereocenters. The molecule has 3 N–H and O–H groups in total. The van der Waals surface area contributed by atoms with Crippen LogP contribution in [0, 0.1) is 10.8 Å². The van der Waals surface area contributed by atoms with Gasteiger partial charge in [-0.1, -0.05) is 12.8 Å². The molecule has 1 saturated heterocycles. The van der Waals surface area contributed by atoms with Crippen LogP contribution in [-0.4, -0.2) is 54.4 Å². The van der Waals surface area contributed by atoms with E-state index in [4.69, 9.17) is 11.1 Å². The van der Waals surface area contributed by atoms with Crippen molar-refractivity contribution in [2.75, 3.05) is 32.7 Å². The zero-order chi connectivity index (χ0) is 13.3. The van der Waals surface area contributed by atoms with E-state index >= 15 is 0 Å². The normalized spacial score (nSPS) is 28.6. The van der Waals surface area contributed by atoms with Crippen LogP contribution in [0.3, 0.4) is 0 Å². The molecule has 0 spiro atoms. The zero-order valence-corrected chi connectivity index (χ0v) is 12.0. The smallest absolute Gasteiger partial charge is 0.0911 e. The number of nitrogens with zero attached hydrogens (tertiary/aromatic N) is 2. The molecule has 0 aromatic carbocycles. The van der Waals surface area contributed by atoms with Crippen molar-refractivity contribution < 1.29 is 0 Å². The second-order valence-corrected chi connectivity index (χ2v) is 6.95. The number of hydrogen-bond donors (Lipinski definition) is 2. The third-order valence-electron chi connectivity index (χ3n) is 5.33. The third-order valence-corrected chi connectivity index (χ3v) is 5.33. The molecule has 3 rings (SSSR count). The topological polar surface area (TPSA) is 56.4 Å². The van der Waals surface area contributed by atoms with E-state index in [1.54, 1.807) is 0 Å². The highest BCUT2D eigenvalue weighted by atomic mass is 15.3. The van der Waals surface area contributed by atoms with E-state index in [2.05, 4.69) is 9.80 Å². The Morgan fingerprint density at radius 1 is 1.11 bits per heavy atom. The first-order valence-electron chi connectivity index (χ1n) is 7.96. The van der Waals surface area contributed by atoms with E-state index in [-0.39, 0.29) is 0 Å². The zero-order valence-electron chi connectivity index (χ0n) is 12.0. The Bertz CT molecular complexity index is 323. The van der Waals surface area contributed by atoms with Gasteiger partial charge in [0.05, 0.1) is 5.84 Å². The van der Waals surface area contributed by atoms with Crippen LogP contribution in [0.1, 0.15) is 44.9 Å². The monoisotopic (exact) mass is 264 g/mol. The molecular weight excluding hydrogens is 236 g/mol. The number of amidine groups is 1. The Balaban J connectivity index is 1.44. The molecule has 2 saturated carbocycles. The number of piperazine rings is 1. The fourth-order valence-electron chi connectivity index (χ4n) is 4.00. The van der Waals surface area contributed by atoms with Crippen LogP contribution >= 0.6 is 0 Å². The maximum absolute atomic E-state index is 7.50. The average Bonchev–Trinajstić information content (AvgIpc) is 2.93. The van der Waals surface area contributed by atoms with Crippen molar-refractivity contribution in [3.8, 4) is 0 Å². The van der Waals surface area contributed by atoms with Crippen LogP contribution in [0.15, 0.2) is 0 Å². The van der Waals surface area contributed by atoms with E-state index in [0.29, 0.717) is 11.3 Å². The summed E-state index contributed by atoms with van der Waals surface area (Å²) in [5, 5.41) is 7.50. The van der Waals surface area contributed by atoms with Gasteiger partial charge in [-0.2, -0.15) is 0 Å². The van der Waals surface area contributed by atoms with Crippen molar-refractivity contribution in [3.05, 3.63) is 0 Å². The van der Waals surface area contributed by atoms with Gasteiger partial charge in [0.2, 0.25) is 0 Å². The number of nitrogens with two attached hydrogens (primary N) is 1. The lowest BCUT2D eigenvalue weighted by Crippen LogP contribution is -2.51. The summed E-state index contributed by atoms with van der Waals surface area (Å²) in [7, 11) is 0. The van der Waals surface area contributed by atoms with Crippen LogP contribution in [-0.2, 0) is 0 Å². The van der Waals surface area contributed by atoms with Gasteiger partial charge >= 0.3 is 0 Å². The molecular formula is C15H28N4. The van der Waals surface area contributed by atoms with Gasteiger partial charge in [-0.05, 0) is 31.1 Å². The van der Waals surface area contributed by atoms with E-state index in [1.165, 1.54) is 71.2 Å². The molecule has 3 aliphatic rings. The van der Waals surface area contributed by atoms with Crippen molar-refractivity contribution >= 4 is 5.84 Å². The Hall–Kier alpha value is -0.610. The van der Waals surface area contributed by atoms with Crippen molar-refractivity contribution in [2.24, 2.45) is 11.1 Å². The highest BCUT2D eigenvalue weighted by Crippen LogP contribution is 2.49. The van der Waals surface area contributed by atoms with E-state index in [0.717, 1.165) is 12.5 Å². The molecule has 0 aromatic rings. The second-order valence-electron chi connectivity index (χ2n) is 6.95. The SMILES string of the molecule is N=C(N)CC1(CN2CCN(C3CCCC3)CC2)CC1. The molecule has 0 radical (unpaired) electrons. The van der Waals surface area contributed by atoms with Crippen molar-refractivity contribution in [1.29, 1.82) is 5.41 Å². The van der Waals surface area contributed by atoms with Crippen LogP contribution in [0.2, 0.25) is 0 Å². The van der Waals surface area contributed by atoms with Gasteiger partial charge in [-0.25, -0.2) is 0 Å². The Morgan fingerprint density at radius 3 is 2.26 bits per heavy atom. The Labute approximate surface area is 116 Å². The van der Waals surface area contributed by atoms with Crippen molar-refractivity contribution in [3.63, 3.8) is 0 Å². The molecule has 2 aliphatic carbocycles. The average molecular weight is 264 g/mol. The largest absolute Gasteiger partial charge is 0.388 e. The van der Waals surface area contributed by atoms with Gasteiger partial charge < -0.3 is 10.6 Å². The summed E-state index contributed by atoms with van der Waals surface area (Å²) < 4.78 is 0. The molecule has 4 heteroatoms. The first kappa shape index (κ1) is 13.4. The molecule has 1 aliphatic heterocycles. The molecule has 0 amide bonds. The molecule has 0 bridgehead atoms. The summed E-state index contributed by atoms with van der Waals surface area (Å²) in [6.07, 6.45) is 9.09. The Morgan fingerprint density at radius 2 is 1.74 bits per heavy atom. The maximum atomic E-state index is 7.50. The summed E-state index contributed by atoms with van der Waals surface area (Å²) in [5.74, 6) is 0.377. The lowest BCUT2D eigenvalue weighted by Gasteiger charge is -2.39. The standard InChI is InChI=1S/C15H28N4/c16-14(17)11-15(5-6-15)12-18-7-9-19(10-8-18)13-3-1-2-4-13/h13H,1-12H2,(H3,16,17). The molecule has 0 aromatic heterocycles. The lowest BCUT2D eigenvalue weighted by atomic mass is 10.0. The second kappa shape index (κ2) is 5.41. The minimum Gasteiger partial charge on any atom is -0.388 e. The molecule has 108 valence electrons. The van der Waals surface area contributed by atoms with E-state index in [9.17, 15) is 0 Å². The summed E-state index contributed by atoms with van der Waals surface area (Å²) in [4.78, 5) is 5.33. The molecule has 1 heterocycles. The summed E-state index contributed by atoms with van der Waals surface area (Å²) in [6.45, 7) is 6.11. The Kier molecular flexibility index (Phi) is 3.81. The first-order valence-corrected chi connectivity index (χ1v) is 7.96. The van der Waals surface area contributed by atoms with Gasteiger partial charge in [0.1, 0.15) is 0 Å². The maximum Gasteiger partial charge on any atom is 0.0911 e. The van der Waals surface area contributed by atoms with Crippen LogP contribution in [0.4, 0.5) is 0 Å². The number of rotatable bonds is 5. The minimum atomic E-state index is 0.376. The fourth-order valence-corrected chi connectivity index (χ4v) is 4.00. The minimum absolute atomic E-state index is 0.376. The van der Waals surface area contributed by atoms with Crippen molar-refractivity contribution in [1.82, 2.24) is 9.80 Å². The van der Waals surface area contributed by atoms with Gasteiger partial charge in [-0.3, -0.25) is 10.3 Å². The fraction of sp³-hybridized carbons (Fsp3) is 0.933. The van der Waals surface area contributed by atoms with Crippen LogP contribution in [0.25, 0.3) is 0 Å². The highest BCUT2D eigenvalue weighted by molar-refractivity contribution is 5.78. The predicted molar refractivity (Wildman–Crippen MR) is 78.5 cm³/mol. The van der Waals surface area contributed by atoms with E-state index < -0.39 is 0 Å². The number of hydrogen-bond acceptors (Lipinski definition) is 3.